The van der Waals surface area contributed by atoms with Crippen LogP contribution < -0.4 is 0 Å². The average molecular weight is 337 g/mol. The Morgan fingerprint density at radius 3 is 2.52 bits per heavy atom. The van der Waals surface area contributed by atoms with Crippen LogP contribution in [-0.4, -0.2) is 48.3 Å². The van der Waals surface area contributed by atoms with Gasteiger partial charge < -0.3 is 4.42 Å². The Kier molecular flexibility index (Phi) is 5.10. The van der Waals surface area contributed by atoms with E-state index >= 15 is 0 Å². The summed E-state index contributed by atoms with van der Waals surface area (Å²) >= 11 is 6.07. The molecule has 1 fully saturated rings. The predicted octanol–water partition coefficient (Wildman–Crippen LogP) is 3.07. The van der Waals surface area contributed by atoms with Crippen LogP contribution >= 0.6 is 11.6 Å². The molecule has 0 unspecified atom stereocenters. The second-order valence-corrected chi connectivity index (χ2v) is 6.06. The van der Waals surface area contributed by atoms with Crippen molar-refractivity contribution in [1.29, 1.82) is 0 Å². The number of rotatable bonds is 5. The van der Waals surface area contributed by atoms with Crippen LogP contribution in [0.3, 0.4) is 0 Å². The van der Waals surface area contributed by atoms with Crippen LogP contribution in [-0.2, 0) is 6.54 Å². The number of piperazine rings is 1. The fraction of sp³-hybridized carbons (Fsp3) is 0.353. The molecular formula is C17H18ClFN2O2. The number of nitrogens with zero attached hydrogens (tertiary/aromatic N) is 2. The Bertz CT molecular complexity index is 647. The van der Waals surface area contributed by atoms with Crippen molar-refractivity contribution in [3.05, 3.63) is 58.8 Å². The smallest absolute Gasteiger partial charge is 0.211 e. The highest BCUT2D eigenvalue weighted by molar-refractivity contribution is 6.31. The number of furan rings is 1. The molecule has 2 heterocycles. The number of benzene rings is 1. The number of hydrogen-bond donors (Lipinski definition) is 0. The van der Waals surface area contributed by atoms with E-state index in [-0.39, 0.29) is 11.6 Å². The Morgan fingerprint density at radius 2 is 1.87 bits per heavy atom. The van der Waals surface area contributed by atoms with Gasteiger partial charge in [-0.2, -0.15) is 0 Å². The summed E-state index contributed by atoms with van der Waals surface area (Å²) in [6.07, 6.45) is 1.50. The van der Waals surface area contributed by atoms with Crippen molar-refractivity contribution in [2.75, 3.05) is 32.7 Å². The fourth-order valence-electron chi connectivity index (χ4n) is 2.73. The molecule has 1 aromatic carbocycles. The van der Waals surface area contributed by atoms with Gasteiger partial charge in [-0.05, 0) is 24.3 Å². The first-order valence-corrected chi connectivity index (χ1v) is 7.95. The molecule has 0 N–H and O–H groups in total. The third-order valence-corrected chi connectivity index (χ3v) is 4.43. The third-order valence-electron chi connectivity index (χ3n) is 4.07. The average Bonchev–Trinajstić information content (AvgIpc) is 3.07. The van der Waals surface area contributed by atoms with Crippen LogP contribution in [0.2, 0.25) is 5.02 Å². The quantitative estimate of drug-likeness (QED) is 0.786. The Hall–Kier alpha value is -1.69. The number of ketones is 1. The number of carbonyl (C=O) groups is 1. The first kappa shape index (κ1) is 16.2. The van der Waals surface area contributed by atoms with E-state index in [9.17, 15) is 9.18 Å². The summed E-state index contributed by atoms with van der Waals surface area (Å²) in [5, 5.41) is 0.459. The van der Waals surface area contributed by atoms with Crippen molar-refractivity contribution in [1.82, 2.24) is 9.80 Å². The molecule has 2 aromatic rings. The lowest BCUT2D eigenvalue weighted by molar-refractivity contribution is 0.0818. The van der Waals surface area contributed by atoms with Gasteiger partial charge in [-0.15, -0.1) is 0 Å². The highest BCUT2D eigenvalue weighted by Gasteiger charge is 2.21. The van der Waals surface area contributed by atoms with Gasteiger partial charge in [-0.25, -0.2) is 4.39 Å². The van der Waals surface area contributed by atoms with Gasteiger partial charge in [0.1, 0.15) is 5.82 Å². The molecule has 0 radical (unpaired) electrons. The SMILES string of the molecule is O=C(CN1CCN(Cc2c(F)cccc2Cl)CC1)c1ccco1. The lowest BCUT2D eigenvalue weighted by atomic mass is 10.1. The van der Waals surface area contributed by atoms with Crippen molar-refractivity contribution in [2.24, 2.45) is 0 Å². The van der Waals surface area contributed by atoms with Crippen LogP contribution in [0.5, 0.6) is 0 Å². The maximum Gasteiger partial charge on any atom is 0.211 e. The summed E-state index contributed by atoms with van der Waals surface area (Å²) in [6.45, 7) is 3.91. The van der Waals surface area contributed by atoms with Crippen LogP contribution in [0.1, 0.15) is 16.1 Å². The van der Waals surface area contributed by atoms with Crippen molar-refractivity contribution >= 4 is 17.4 Å². The van der Waals surface area contributed by atoms with E-state index in [4.69, 9.17) is 16.0 Å². The van der Waals surface area contributed by atoms with Gasteiger partial charge in [0.15, 0.2) is 5.76 Å². The van der Waals surface area contributed by atoms with Crippen molar-refractivity contribution in [2.45, 2.75) is 6.54 Å². The molecule has 6 heteroatoms. The van der Waals surface area contributed by atoms with Crippen molar-refractivity contribution < 1.29 is 13.6 Å². The zero-order valence-corrected chi connectivity index (χ0v) is 13.4. The molecule has 23 heavy (non-hydrogen) atoms. The predicted molar refractivity (Wildman–Crippen MR) is 86.2 cm³/mol. The minimum Gasteiger partial charge on any atom is -0.461 e. The summed E-state index contributed by atoms with van der Waals surface area (Å²) < 4.78 is 19.0. The van der Waals surface area contributed by atoms with Crippen molar-refractivity contribution in [3.63, 3.8) is 0 Å². The number of Topliss-reactive ketones (excluding diaryl/α,β-unsaturated/α-hetero) is 1. The van der Waals surface area contributed by atoms with E-state index in [0.717, 1.165) is 26.2 Å². The molecule has 4 nitrogen and oxygen atoms in total. The number of halogens is 2. The van der Waals surface area contributed by atoms with Crippen LogP contribution in [0.25, 0.3) is 0 Å². The summed E-state index contributed by atoms with van der Waals surface area (Å²) in [5.74, 6) is 0.110. The monoisotopic (exact) mass is 336 g/mol. The van der Waals surface area contributed by atoms with E-state index in [1.54, 1.807) is 24.3 Å². The number of hydrogen-bond acceptors (Lipinski definition) is 4. The topological polar surface area (TPSA) is 36.7 Å². The van der Waals surface area contributed by atoms with Crippen LogP contribution in [0.15, 0.2) is 41.0 Å². The summed E-state index contributed by atoms with van der Waals surface area (Å²) in [5.41, 5.74) is 0.536. The molecule has 1 aromatic heterocycles. The van der Waals surface area contributed by atoms with Gasteiger partial charge in [0.25, 0.3) is 0 Å². The first-order chi connectivity index (χ1) is 11.1. The van der Waals surface area contributed by atoms with E-state index in [2.05, 4.69) is 9.80 Å². The molecule has 0 amide bonds. The van der Waals surface area contributed by atoms with Gasteiger partial charge in [-0.3, -0.25) is 14.6 Å². The molecule has 0 spiro atoms. The Balaban J connectivity index is 1.52. The molecule has 3 rings (SSSR count). The van der Waals surface area contributed by atoms with Gasteiger partial charge in [0, 0.05) is 43.3 Å². The normalized spacial score (nSPS) is 16.6. The molecule has 1 aliphatic rings. The minimum atomic E-state index is -0.270. The van der Waals surface area contributed by atoms with Gasteiger partial charge in [0.2, 0.25) is 5.78 Å². The second-order valence-electron chi connectivity index (χ2n) is 5.65. The molecule has 0 bridgehead atoms. The molecule has 122 valence electrons. The fourth-order valence-corrected chi connectivity index (χ4v) is 2.95. The van der Waals surface area contributed by atoms with E-state index in [1.807, 2.05) is 0 Å². The molecule has 0 aliphatic carbocycles. The van der Waals surface area contributed by atoms with E-state index in [1.165, 1.54) is 12.3 Å². The molecule has 1 aliphatic heterocycles. The molecular weight excluding hydrogens is 319 g/mol. The Labute approximate surface area is 139 Å². The van der Waals surface area contributed by atoms with Gasteiger partial charge in [0.05, 0.1) is 12.8 Å². The maximum atomic E-state index is 13.8. The second kappa shape index (κ2) is 7.25. The standard InChI is InChI=1S/C17H18ClFN2O2/c18-14-3-1-4-15(19)13(14)11-20-6-8-21(9-7-20)12-16(22)17-5-2-10-23-17/h1-5,10H,6-9,11-12H2. The van der Waals surface area contributed by atoms with E-state index in [0.29, 0.717) is 29.4 Å². The maximum absolute atomic E-state index is 13.8. The first-order valence-electron chi connectivity index (χ1n) is 7.58. The highest BCUT2D eigenvalue weighted by Crippen LogP contribution is 2.21. The third kappa shape index (κ3) is 3.99. The Morgan fingerprint density at radius 1 is 1.13 bits per heavy atom. The van der Waals surface area contributed by atoms with Crippen LogP contribution in [0.4, 0.5) is 4.39 Å². The number of carbonyl (C=O) groups excluding carboxylic acids is 1. The summed E-state index contributed by atoms with van der Waals surface area (Å²) in [4.78, 5) is 16.3. The van der Waals surface area contributed by atoms with Gasteiger partial charge >= 0.3 is 0 Å². The summed E-state index contributed by atoms with van der Waals surface area (Å²) in [6, 6.07) is 8.14. The highest BCUT2D eigenvalue weighted by atomic mass is 35.5. The lowest BCUT2D eigenvalue weighted by Crippen LogP contribution is -2.47. The zero-order chi connectivity index (χ0) is 16.2. The molecule has 0 atom stereocenters. The lowest BCUT2D eigenvalue weighted by Gasteiger charge is -2.34. The largest absolute Gasteiger partial charge is 0.461 e. The van der Waals surface area contributed by atoms with E-state index < -0.39 is 0 Å². The minimum absolute atomic E-state index is 0.0133. The summed E-state index contributed by atoms with van der Waals surface area (Å²) in [7, 11) is 0. The molecule has 0 saturated carbocycles. The van der Waals surface area contributed by atoms with Crippen LogP contribution in [0, 0.1) is 5.82 Å². The zero-order valence-electron chi connectivity index (χ0n) is 12.7. The van der Waals surface area contributed by atoms with Gasteiger partial charge in [-0.1, -0.05) is 17.7 Å². The van der Waals surface area contributed by atoms with Crippen molar-refractivity contribution in [3.8, 4) is 0 Å². The molecule has 1 saturated heterocycles.